The molecule has 0 bridgehead atoms. The van der Waals surface area contributed by atoms with Crippen LogP contribution >= 0.6 is 11.3 Å². The lowest BCUT2D eigenvalue weighted by atomic mass is 10.1. The number of fused-ring (bicyclic) bond motifs is 1. The van der Waals surface area contributed by atoms with E-state index in [4.69, 9.17) is 9.25 Å². The van der Waals surface area contributed by atoms with Crippen molar-refractivity contribution in [3.8, 4) is 6.01 Å². The fraction of sp³-hybridized carbons (Fsp3) is 0.333. The van der Waals surface area contributed by atoms with Gasteiger partial charge in [-0.25, -0.2) is 4.79 Å². The summed E-state index contributed by atoms with van der Waals surface area (Å²) in [6.07, 6.45) is 3.26. The van der Waals surface area contributed by atoms with E-state index >= 15 is 0 Å². The molecule has 136 valence electrons. The molecule has 26 heavy (non-hydrogen) atoms. The topological polar surface area (TPSA) is 97.5 Å². The first-order chi connectivity index (χ1) is 12.6. The molecule has 0 aliphatic rings. The van der Waals surface area contributed by atoms with Crippen LogP contribution in [-0.4, -0.2) is 15.7 Å². The Labute approximate surface area is 153 Å². The van der Waals surface area contributed by atoms with Crippen LogP contribution in [0.3, 0.4) is 0 Å². The van der Waals surface area contributed by atoms with E-state index in [1.165, 1.54) is 6.07 Å². The van der Waals surface area contributed by atoms with Gasteiger partial charge in [0, 0.05) is 11.6 Å². The standard InChI is InChI=1S/C18H19N3O4S/c1-3-5-6-13(12-7-8-26-10-12)21-25-18-19-16(23)15-11(4-2)9-14(22)24-17(15)20-18/h7-10H,3-6H2,1-2H3,(H,19,20,23). The Morgan fingerprint density at radius 3 is 2.92 bits per heavy atom. The van der Waals surface area contributed by atoms with Crippen molar-refractivity contribution < 1.29 is 9.25 Å². The van der Waals surface area contributed by atoms with Crippen molar-refractivity contribution in [1.29, 1.82) is 0 Å². The highest BCUT2D eigenvalue weighted by molar-refractivity contribution is 7.08. The number of hydrogen-bond donors (Lipinski definition) is 1. The highest BCUT2D eigenvalue weighted by Gasteiger charge is 2.13. The average Bonchev–Trinajstić information content (AvgIpc) is 3.15. The van der Waals surface area contributed by atoms with E-state index in [0.717, 1.165) is 30.5 Å². The van der Waals surface area contributed by atoms with Crippen LogP contribution in [0.1, 0.15) is 44.2 Å². The molecule has 0 spiro atoms. The molecule has 0 unspecified atom stereocenters. The zero-order valence-electron chi connectivity index (χ0n) is 14.6. The van der Waals surface area contributed by atoms with E-state index in [1.807, 2.05) is 23.8 Å². The van der Waals surface area contributed by atoms with Crippen LogP contribution < -0.4 is 16.0 Å². The lowest BCUT2D eigenvalue weighted by molar-refractivity contribution is 0.310. The van der Waals surface area contributed by atoms with E-state index in [2.05, 4.69) is 22.0 Å². The number of nitrogens with zero attached hydrogens (tertiary/aromatic N) is 2. The third-order valence-electron chi connectivity index (χ3n) is 3.92. The molecule has 3 aromatic rings. The zero-order chi connectivity index (χ0) is 18.5. The Bertz CT molecular complexity index is 1030. The maximum atomic E-state index is 12.4. The van der Waals surface area contributed by atoms with Gasteiger partial charge in [-0.1, -0.05) is 25.4 Å². The van der Waals surface area contributed by atoms with Gasteiger partial charge in [0.15, 0.2) is 0 Å². The Morgan fingerprint density at radius 2 is 2.23 bits per heavy atom. The number of hydrogen-bond acceptors (Lipinski definition) is 7. The molecule has 0 radical (unpaired) electrons. The minimum atomic E-state index is -0.552. The molecular formula is C18H19N3O4S. The van der Waals surface area contributed by atoms with Crippen LogP contribution in [0.5, 0.6) is 6.01 Å². The van der Waals surface area contributed by atoms with E-state index in [9.17, 15) is 9.59 Å². The second-order valence-corrected chi connectivity index (χ2v) is 6.52. The summed E-state index contributed by atoms with van der Waals surface area (Å²) >= 11 is 1.57. The van der Waals surface area contributed by atoms with Gasteiger partial charge in [0.05, 0.1) is 5.71 Å². The highest BCUT2D eigenvalue weighted by Crippen LogP contribution is 2.15. The van der Waals surface area contributed by atoms with E-state index in [0.29, 0.717) is 12.0 Å². The van der Waals surface area contributed by atoms with Crippen molar-refractivity contribution in [2.45, 2.75) is 39.5 Å². The normalized spacial score (nSPS) is 11.8. The predicted molar refractivity (Wildman–Crippen MR) is 101 cm³/mol. The molecule has 0 aliphatic heterocycles. The smallest absolute Gasteiger partial charge is 0.337 e. The fourth-order valence-electron chi connectivity index (χ4n) is 2.57. The second-order valence-electron chi connectivity index (χ2n) is 5.74. The molecule has 0 amide bonds. The molecule has 3 aromatic heterocycles. The summed E-state index contributed by atoms with van der Waals surface area (Å²) in [5, 5.41) is 8.37. The van der Waals surface area contributed by atoms with Gasteiger partial charge in [-0.15, -0.1) is 0 Å². The van der Waals surface area contributed by atoms with Crippen molar-refractivity contribution in [1.82, 2.24) is 9.97 Å². The molecule has 0 aromatic carbocycles. The van der Waals surface area contributed by atoms with Crippen molar-refractivity contribution in [3.05, 3.63) is 54.8 Å². The Balaban J connectivity index is 1.97. The molecule has 0 saturated heterocycles. The number of unbranched alkanes of at least 4 members (excludes halogenated alkanes) is 1. The van der Waals surface area contributed by atoms with Gasteiger partial charge in [0.1, 0.15) is 5.39 Å². The lowest BCUT2D eigenvalue weighted by Crippen LogP contribution is -2.14. The summed E-state index contributed by atoms with van der Waals surface area (Å²) in [6.45, 7) is 3.95. The summed E-state index contributed by atoms with van der Waals surface area (Å²) in [4.78, 5) is 36.0. The average molecular weight is 373 g/mol. The Hall–Kier alpha value is -2.74. The fourth-order valence-corrected chi connectivity index (χ4v) is 3.23. The van der Waals surface area contributed by atoms with Crippen molar-refractivity contribution >= 4 is 28.1 Å². The first-order valence-electron chi connectivity index (χ1n) is 8.45. The van der Waals surface area contributed by atoms with Crippen molar-refractivity contribution in [2.75, 3.05) is 0 Å². The number of nitrogens with one attached hydrogen (secondary N) is 1. The van der Waals surface area contributed by atoms with Crippen molar-refractivity contribution in [2.24, 2.45) is 5.16 Å². The molecule has 8 heteroatoms. The Kier molecular flexibility index (Phi) is 5.62. The monoisotopic (exact) mass is 373 g/mol. The van der Waals surface area contributed by atoms with E-state index < -0.39 is 11.2 Å². The first kappa shape index (κ1) is 18.1. The molecule has 1 N–H and O–H groups in total. The maximum absolute atomic E-state index is 12.4. The lowest BCUT2D eigenvalue weighted by Gasteiger charge is -2.05. The van der Waals surface area contributed by atoms with Gasteiger partial charge in [0.25, 0.3) is 5.56 Å². The highest BCUT2D eigenvalue weighted by atomic mass is 32.1. The quantitative estimate of drug-likeness (QED) is 0.505. The van der Waals surface area contributed by atoms with Crippen molar-refractivity contribution in [3.63, 3.8) is 0 Å². The van der Waals surface area contributed by atoms with Gasteiger partial charge in [-0.3, -0.25) is 9.78 Å². The molecule has 0 fully saturated rings. The number of oxime groups is 1. The third-order valence-corrected chi connectivity index (χ3v) is 4.60. The number of aromatic amines is 1. The zero-order valence-corrected chi connectivity index (χ0v) is 15.4. The molecule has 0 aliphatic carbocycles. The number of rotatable bonds is 7. The largest absolute Gasteiger partial charge is 0.403 e. The molecule has 3 rings (SSSR count). The van der Waals surface area contributed by atoms with E-state index in [1.54, 1.807) is 11.3 Å². The van der Waals surface area contributed by atoms with Gasteiger partial charge < -0.3 is 9.25 Å². The van der Waals surface area contributed by atoms with Crippen LogP contribution in [0.15, 0.2) is 42.1 Å². The third kappa shape index (κ3) is 3.91. The van der Waals surface area contributed by atoms with Crippen LogP contribution in [0.4, 0.5) is 0 Å². The molecule has 0 atom stereocenters. The summed E-state index contributed by atoms with van der Waals surface area (Å²) in [5.74, 6) is 0. The molecule has 7 nitrogen and oxygen atoms in total. The van der Waals surface area contributed by atoms with Crippen LogP contribution in [0, 0.1) is 0 Å². The molecule has 0 saturated carbocycles. The minimum absolute atomic E-state index is 0.0473. The van der Waals surface area contributed by atoms with Gasteiger partial charge in [0.2, 0.25) is 5.71 Å². The Morgan fingerprint density at radius 1 is 1.38 bits per heavy atom. The number of thiophene rings is 1. The SMILES string of the molecule is CCCCC(=NOc1nc2oc(=O)cc(CC)c2c(=O)[nH]1)c1ccsc1. The number of aryl methyl sites for hydroxylation is 1. The molecule has 3 heterocycles. The predicted octanol–water partition coefficient (Wildman–Crippen LogP) is 3.47. The van der Waals surface area contributed by atoms with Gasteiger partial charge in [-0.2, -0.15) is 16.3 Å². The van der Waals surface area contributed by atoms with Gasteiger partial charge >= 0.3 is 11.6 Å². The van der Waals surface area contributed by atoms with Crippen LogP contribution in [0.25, 0.3) is 11.1 Å². The summed E-state index contributed by atoms with van der Waals surface area (Å²) < 4.78 is 5.06. The van der Waals surface area contributed by atoms with Gasteiger partial charge in [-0.05, 0) is 41.7 Å². The summed E-state index contributed by atoms with van der Waals surface area (Å²) in [7, 11) is 0. The minimum Gasteiger partial charge on any atom is -0.403 e. The van der Waals surface area contributed by atoms with Crippen LogP contribution in [0.2, 0.25) is 0 Å². The number of aromatic nitrogens is 2. The maximum Gasteiger partial charge on any atom is 0.337 e. The summed E-state index contributed by atoms with van der Waals surface area (Å²) in [6, 6.07) is 3.16. The second kappa shape index (κ2) is 8.09. The number of H-pyrrole nitrogens is 1. The molecular weight excluding hydrogens is 354 g/mol. The van der Waals surface area contributed by atoms with Crippen LogP contribution in [-0.2, 0) is 6.42 Å². The first-order valence-corrected chi connectivity index (χ1v) is 9.40. The van der Waals surface area contributed by atoms with E-state index in [-0.39, 0.29) is 17.1 Å². The summed E-state index contributed by atoms with van der Waals surface area (Å²) in [5.41, 5.74) is 1.32.